The Bertz CT molecular complexity index is 1130. The fourth-order valence-corrected chi connectivity index (χ4v) is 3.54. The van der Waals surface area contributed by atoms with Crippen molar-refractivity contribution in [3.05, 3.63) is 64.8 Å². The molecule has 2 heterocycles. The molecule has 0 aliphatic rings. The fourth-order valence-electron chi connectivity index (χ4n) is 3.54. The van der Waals surface area contributed by atoms with Gasteiger partial charge in [0.25, 0.3) is 0 Å². The second-order valence-electron chi connectivity index (χ2n) is 7.27. The van der Waals surface area contributed by atoms with E-state index in [0.29, 0.717) is 12.5 Å². The van der Waals surface area contributed by atoms with Gasteiger partial charge in [-0.1, -0.05) is 38.1 Å². The van der Waals surface area contributed by atoms with Gasteiger partial charge in [-0.3, -0.25) is 9.13 Å². The molecule has 4 aromatic rings. The molecule has 5 heteroatoms. The maximum atomic E-state index is 12.8. The largest absolute Gasteiger partial charge is 0.329 e. The molecule has 0 spiro atoms. The lowest BCUT2D eigenvalue weighted by Crippen LogP contribution is -2.24. The van der Waals surface area contributed by atoms with Gasteiger partial charge in [0, 0.05) is 13.6 Å². The third kappa shape index (κ3) is 2.73. The second-order valence-corrected chi connectivity index (χ2v) is 7.27. The smallest absolute Gasteiger partial charge is 0.326 e. The molecule has 2 aromatic carbocycles. The number of aryl methyl sites for hydroxylation is 2. The zero-order chi connectivity index (χ0) is 18.3. The van der Waals surface area contributed by atoms with Gasteiger partial charge < -0.3 is 4.57 Å². The number of rotatable bonds is 5. The Morgan fingerprint density at radius 1 is 0.923 bits per heavy atom. The minimum atomic E-state index is -0.00587. The van der Waals surface area contributed by atoms with Crippen LogP contribution in [0.15, 0.2) is 53.3 Å². The average Bonchev–Trinajstić information content (AvgIpc) is 3.11. The topological polar surface area (TPSA) is 44.8 Å². The predicted octanol–water partition coefficient (Wildman–Crippen LogP) is 3.78. The summed E-state index contributed by atoms with van der Waals surface area (Å²) in [5.41, 5.74) is 4.01. The van der Waals surface area contributed by atoms with E-state index in [4.69, 9.17) is 4.98 Å². The first-order valence-corrected chi connectivity index (χ1v) is 9.14. The minimum Gasteiger partial charge on any atom is -0.326 e. The summed E-state index contributed by atoms with van der Waals surface area (Å²) in [6.07, 6.45) is 1.08. The number of hydrogen-bond acceptors (Lipinski definition) is 2. The molecular formula is C21H24N4O. The molecule has 0 atom stereocenters. The van der Waals surface area contributed by atoms with Crippen molar-refractivity contribution in [1.29, 1.82) is 0 Å². The second kappa shape index (κ2) is 6.48. The van der Waals surface area contributed by atoms with E-state index in [1.165, 1.54) is 0 Å². The van der Waals surface area contributed by atoms with Crippen LogP contribution in [0.3, 0.4) is 0 Å². The number of imidazole rings is 2. The Morgan fingerprint density at radius 3 is 2.31 bits per heavy atom. The Morgan fingerprint density at radius 2 is 1.58 bits per heavy atom. The highest BCUT2D eigenvalue weighted by molar-refractivity contribution is 5.77. The van der Waals surface area contributed by atoms with Crippen molar-refractivity contribution in [3.63, 3.8) is 0 Å². The fraction of sp³-hybridized carbons (Fsp3) is 0.333. The molecule has 0 saturated heterocycles. The molecule has 0 unspecified atom stereocenters. The molecule has 0 bridgehead atoms. The van der Waals surface area contributed by atoms with Gasteiger partial charge in [-0.2, -0.15) is 0 Å². The van der Waals surface area contributed by atoms with Crippen molar-refractivity contribution in [2.24, 2.45) is 13.0 Å². The number of benzene rings is 2. The van der Waals surface area contributed by atoms with E-state index in [1.54, 1.807) is 4.57 Å². The van der Waals surface area contributed by atoms with E-state index in [2.05, 4.69) is 24.5 Å². The summed E-state index contributed by atoms with van der Waals surface area (Å²) in [6, 6.07) is 16.1. The summed E-state index contributed by atoms with van der Waals surface area (Å²) >= 11 is 0. The van der Waals surface area contributed by atoms with Crippen molar-refractivity contribution in [3.8, 4) is 0 Å². The zero-order valence-electron chi connectivity index (χ0n) is 15.5. The Balaban J connectivity index is 1.84. The predicted molar refractivity (Wildman–Crippen MR) is 105 cm³/mol. The molecule has 0 amide bonds. The van der Waals surface area contributed by atoms with Gasteiger partial charge in [-0.25, -0.2) is 9.78 Å². The summed E-state index contributed by atoms with van der Waals surface area (Å²) in [4.78, 5) is 17.6. The maximum absolute atomic E-state index is 12.8. The van der Waals surface area contributed by atoms with E-state index in [-0.39, 0.29) is 5.69 Å². The van der Waals surface area contributed by atoms with Crippen LogP contribution in [-0.2, 0) is 20.1 Å². The number of fused-ring (bicyclic) bond motifs is 2. The Hall–Kier alpha value is -2.82. The SMILES string of the molecule is CC(C)CCn1c(Cn2c(=O)n(C)c3ccccc32)nc2ccccc21. The highest BCUT2D eigenvalue weighted by Crippen LogP contribution is 2.20. The van der Waals surface area contributed by atoms with Crippen LogP contribution in [0.2, 0.25) is 0 Å². The van der Waals surface area contributed by atoms with E-state index in [0.717, 1.165) is 40.9 Å². The highest BCUT2D eigenvalue weighted by Gasteiger charge is 2.15. The van der Waals surface area contributed by atoms with Crippen LogP contribution in [0.4, 0.5) is 0 Å². The molecule has 26 heavy (non-hydrogen) atoms. The van der Waals surface area contributed by atoms with Crippen LogP contribution in [0, 0.1) is 5.92 Å². The number of aromatic nitrogens is 4. The van der Waals surface area contributed by atoms with Gasteiger partial charge >= 0.3 is 5.69 Å². The van der Waals surface area contributed by atoms with Crippen LogP contribution in [0.25, 0.3) is 22.1 Å². The number of para-hydroxylation sites is 4. The van der Waals surface area contributed by atoms with Crippen molar-refractivity contribution in [2.45, 2.75) is 33.4 Å². The number of nitrogens with zero attached hydrogens (tertiary/aromatic N) is 4. The summed E-state index contributed by atoms with van der Waals surface area (Å²) < 4.78 is 5.79. The Labute approximate surface area is 152 Å². The highest BCUT2D eigenvalue weighted by atomic mass is 16.1. The van der Waals surface area contributed by atoms with E-state index >= 15 is 0 Å². The molecule has 0 aliphatic heterocycles. The van der Waals surface area contributed by atoms with Gasteiger partial charge in [0.1, 0.15) is 5.82 Å². The van der Waals surface area contributed by atoms with Gasteiger partial charge in [0.05, 0.1) is 28.6 Å². The van der Waals surface area contributed by atoms with Crippen LogP contribution in [0.1, 0.15) is 26.1 Å². The molecule has 134 valence electrons. The summed E-state index contributed by atoms with van der Waals surface area (Å²) in [7, 11) is 1.82. The minimum absolute atomic E-state index is 0.00587. The average molecular weight is 348 g/mol. The van der Waals surface area contributed by atoms with Crippen molar-refractivity contribution < 1.29 is 0 Å². The quantitative estimate of drug-likeness (QED) is 0.551. The normalized spacial score (nSPS) is 11.8. The van der Waals surface area contributed by atoms with E-state index in [9.17, 15) is 4.79 Å². The molecule has 0 radical (unpaired) electrons. The van der Waals surface area contributed by atoms with Crippen LogP contribution < -0.4 is 5.69 Å². The monoisotopic (exact) mass is 348 g/mol. The van der Waals surface area contributed by atoms with Crippen LogP contribution in [-0.4, -0.2) is 18.7 Å². The molecule has 4 rings (SSSR count). The first-order valence-electron chi connectivity index (χ1n) is 9.14. The lowest BCUT2D eigenvalue weighted by atomic mass is 10.1. The third-order valence-electron chi connectivity index (χ3n) is 5.01. The number of hydrogen-bond donors (Lipinski definition) is 0. The van der Waals surface area contributed by atoms with Gasteiger partial charge in [0.2, 0.25) is 0 Å². The molecule has 0 N–H and O–H groups in total. The van der Waals surface area contributed by atoms with Crippen molar-refractivity contribution >= 4 is 22.1 Å². The van der Waals surface area contributed by atoms with E-state index in [1.807, 2.05) is 54.1 Å². The van der Waals surface area contributed by atoms with Crippen molar-refractivity contribution in [1.82, 2.24) is 18.7 Å². The maximum Gasteiger partial charge on any atom is 0.329 e. The van der Waals surface area contributed by atoms with E-state index < -0.39 is 0 Å². The molecule has 5 nitrogen and oxygen atoms in total. The lowest BCUT2D eigenvalue weighted by Gasteiger charge is -2.11. The molecule has 0 saturated carbocycles. The first kappa shape index (κ1) is 16.6. The lowest BCUT2D eigenvalue weighted by molar-refractivity contribution is 0.507. The van der Waals surface area contributed by atoms with Gasteiger partial charge in [-0.15, -0.1) is 0 Å². The summed E-state index contributed by atoms with van der Waals surface area (Å²) in [5, 5.41) is 0. The molecular weight excluding hydrogens is 324 g/mol. The van der Waals surface area contributed by atoms with Gasteiger partial charge in [0.15, 0.2) is 0 Å². The van der Waals surface area contributed by atoms with Crippen molar-refractivity contribution in [2.75, 3.05) is 0 Å². The third-order valence-corrected chi connectivity index (χ3v) is 5.01. The zero-order valence-corrected chi connectivity index (χ0v) is 15.5. The molecule has 2 aromatic heterocycles. The van der Waals surface area contributed by atoms with Gasteiger partial charge in [-0.05, 0) is 36.6 Å². The molecule has 0 aliphatic carbocycles. The standard InChI is InChI=1S/C21H24N4O/c1-15(2)12-13-24-17-9-5-4-8-16(17)22-20(24)14-25-19-11-7-6-10-18(19)23(3)21(25)26/h4-11,15H,12-14H2,1-3H3. The summed E-state index contributed by atoms with van der Waals surface area (Å²) in [6.45, 7) is 5.85. The first-order chi connectivity index (χ1) is 12.6. The Kier molecular flexibility index (Phi) is 4.15. The van der Waals surface area contributed by atoms with Crippen LogP contribution >= 0.6 is 0 Å². The van der Waals surface area contributed by atoms with Crippen LogP contribution in [0.5, 0.6) is 0 Å². The molecule has 0 fully saturated rings. The summed E-state index contributed by atoms with van der Waals surface area (Å²) in [5.74, 6) is 1.55.